The van der Waals surface area contributed by atoms with Crippen LogP contribution in [0.25, 0.3) is 0 Å². The van der Waals surface area contributed by atoms with Crippen molar-refractivity contribution in [1.82, 2.24) is 5.32 Å². The van der Waals surface area contributed by atoms with Gasteiger partial charge in [-0.2, -0.15) is 0 Å². The maximum Gasteiger partial charge on any atom is 0.00899 e. The largest absolute Gasteiger partial charge is 0.314 e. The molecule has 2 atom stereocenters. The molecule has 104 valence electrons. The van der Waals surface area contributed by atoms with E-state index in [1.54, 1.807) is 0 Å². The maximum absolute atomic E-state index is 3.60. The van der Waals surface area contributed by atoms with Gasteiger partial charge in [0.15, 0.2) is 0 Å². The third-order valence-electron chi connectivity index (χ3n) is 3.86. The molecule has 17 heavy (non-hydrogen) atoms. The fourth-order valence-corrected chi connectivity index (χ4v) is 2.63. The summed E-state index contributed by atoms with van der Waals surface area (Å²) in [7, 11) is 0. The minimum absolute atomic E-state index is 0.736. The van der Waals surface area contributed by atoms with Crippen molar-refractivity contribution in [1.29, 1.82) is 0 Å². The number of hydrogen-bond donors (Lipinski definition) is 1. The van der Waals surface area contributed by atoms with Crippen LogP contribution >= 0.6 is 0 Å². The molecule has 0 radical (unpaired) electrons. The van der Waals surface area contributed by atoms with E-state index < -0.39 is 0 Å². The van der Waals surface area contributed by atoms with Crippen molar-refractivity contribution in [3.8, 4) is 0 Å². The fraction of sp³-hybridized carbons (Fsp3) is 1.00. The molecular weight excluding hydrogens is 206 g/mol. The summed E-state index contributed by atoms with van der Waals surface area (Å²) in [6.07, 6.45) is 12.7. The Labute approximate surface area is 110 Å². The van der Waals surface area contributed by atoms with E-state index in [1.165, 1.54) is 57.8 Å². The third-order valence-corrected chi connectivity index (χ3v) is 3.86. The van der Waals surface area contributed by atoms with Crippen LogP contribution in [-0.4, -0.2) is 12.6 Å². The molecule has 0 saturated heterocycles. The first-order chi connectivity index (χ1) is 8.26. The summed E-state index contributed by atoms with van der Waals surface area (Å²) < 4.78 is 0. The molecule has 0 aromatic carbocycles. The highest BCUT2D eigenvalue weighted by atomic mass is 14.9. The highest BCUT2D eigenvalue weighted by Crippen LogP contribution is 2.16. The highest BCUT2D eigenvalue weighted by molar-refractivity contribution is 4.71. The van der Waals surface area contributed by atoms with Gasteiger partial charge in [-0.05, 0) is 25.3 Å². The molecule has 1 heteroatoms. The summed E-state index contributed by atoms with van der Waals surface area (Å²) in [6, 6.07) is 0.736. The number of rotatable bonds is 12. The molecule has 0 bridgehead atoms. The molecule has 0 heterocycles. The van der Waals surface area contributed by atoms with Crippen LogP contribution in [0.5, 0.6) is 0 Å². The molecule has 0 fully saturated rings. The predicted molar refractivity (Wildman–Crippen MR) is 79.5 cm³/mol. The van der Waals surface area contributed by atoms with Crippen LogP contribution in [-0.2, 0) is 0 Å². The zero-order valence-electron chi connectivity index (χ0n) is 12.7. The molecule has 0 aliphatic carbocycles. The van der Waals surface area contributed by atoms with Crippen LogP contribution in [0.4, 0.5) is 0 Å². The van der Waals surface area contributed by atoms with E-state index in [0.29, 0.717) is 0 Å². The first-order valence-electron chi connectivity index (χ1n) is 7.99. The van der Waals surface area contributed by atoms with Crippen molar-refractivity contribution < 1.29 is 0 Å². The van der Waals surface area contributed by atoms with Gasteiger partial charge in [-0.3, -0.25) is 0 Å². The second-order valence-corrected chi connectivity index (χ2v) is 5.46. The lowest BCUT2D eigenvalue weighted by molar-refractivity contribution is 0.342. The van der Waals surface area contributed by atoms with Crippen molar-refractivity contribution in [2.75, 3.05) is 6.54 Å². The highest BCUT2D eigenvalue weighted by Gasteiger charge is 2.13. The van der Waals surface area contributed by atoms with Crippen LogP contribution < -0.4 is 5.32 Å². The van der Waals surface area contributed by atoms with Gasteiger partial charge in [0, 0.05) is 6.04 Å². The van der Waals surface area contributed by atoms with Crippen LogP contribution in [0.3, 0.4) is 0 Å². The molecule has 0 aliphatic rings. The average Bonchev–Trinajstić information content (AvgIpc) is 2.34. The molecule has 0 spiro atoms. The quantitative estimate of drug-likeness (QED) is 0.466. The van der Waals surface area contributed by atoms with Gasteiger partial charge in [-0.25, -0.2) is 0 Å². The van der Waals surface area contributed by atoms with E-state index in [9.17, 15) is 0 Å². The Morgan fingerprint density at radius 2 is 1.41 bits per heavy atom. The van der Waals surface area contributed by atoms with Crippen LogP contribution in [0.1, 0.15) is 85.5 Å². The molecule has 0 aromatic rings. The standard InChI is InChI=1S/C16H35N/c1-5-8-9-10-11-12-13-14-15(4)16(6-2)17-7-3/h15-17H,5-14H2,1-4H3. The summed E-state index contributed by atoms with van der Waals surface area (Å²) in [5.41, 5.74) is 0. The summed E-state index contributed by atoms with van der Waals surface area (Å²) >= 11 is 0. The SMILES string of the molecule is CCCCCCCCCC(C)C(CC)NCC. The average molecular weight is 241 g/mol. The fourth-order valence-electron chi connectivity index (χ4n) is 2.63. The Bertz CT molecular complexity index is 144. The van der Waals surface area contributed by atoms with Gasteiger partial charge in [0.1, 0.15) is 0 Å². The molecule has 0 aliphatic heterocycles. The van der Waals surface area contributed by atoms with E-state index in [1.807, 2.05) is 0 Å². The minimum atomic E-state index is 0.736. The van der Waals surface area contributed by atoms with Crippen LogP contribution in [0.2, 0.25) is 0 Å². The molecular formula is C16H35N. The van der Waals surface area contributed by atoms with Crippen molar-refractivity contribution in [2.45, 2.75) is 91.5 Å². The Morgan fingerprint density at radius 1 is 0.824 bits per heavy atom. The molecule has 0 rings (SSSR count). The van der Waals surface area contributed by atoms with Gasteiger partial charge < -0.3 is 5.32 Å². The summed E-state index contributed by atoms with van der Waals surface area (Å²) in [6.45, 7) is 10.3. The first kappa shape index (κ1) is 17.0. The second-order valence-electron chi connectivity index (χ2n) is 5.46. The molecule has 0 aromatic heterocycles. The molecule has 0 amide bonds. The summed E-state index contributed by atoms with van der Waals surface area (Å²) in [4.78, 5) is 0. The van der Waals surface area contributed by atoms with E-state index >= 15 is 0 Å². The second kappa shape index (κ2) is 12.4. The Hall–Kier alpha value is -0.0400. The normalized spacial score (nSPS) is 14.8. The Kier molecular flexibility index (Phi) is 12.4. The first-order valence-corrected chi connectivity index (χ1v) is 7.99. The van der Waals surface area contributed by atoms with Crippen LogP contribution in [0.15, 0.2) is 0 Å². The van der Waals surface area contributed by atoms with Gasteiger partial charge in [-0.1, -0.05) is 72.6 Å². The zero-order chi connectivity index (χ0) is 12.9. The topological polar surface area (TPSA) is 12.0 Å². The lowest BCUT2D eigenvalue weighted by Crippen LogP contribution is -2.34. The van der Waals surface area contributed by atoms with Crippen molar-refractivity contribution in [3.05, 3.63) is 0 Å². The summed E-state index contributed by atoms with van der Waals surface area (Å²) in [5, 5.41) is 3.60. The lowest BCUT2D eigenvalue weighted by atomic mass is 9.93. The van der Waals surface area contributed by atoms with Gasteiger partial charge >= 0.3 is 0 Å². The number of unbranched alkanes of at least 4 members (excludes halogenated alkanes) is 6. The smallest absolute Gasteiger partial charge is 0.00899 e. The number of hydrogen-bond acceptors (Lipinski definition) is 1. The Morgan fingerprint density at radius 3 is 1.94 bits per heavy atom. The van der Waals surface area contributed by atoms with Gasteiger partial charge in [0.05, 0.1) is 0 Å². The van der Waals surface area contributed by atoms with E-state index in [4.69, 9.17) is 0 Å². The van der Waals surface area contributed by atoms with E-state index in [0.717, 1.165) is 18.5 Å². The molecule has 0 saturated carbocycles. The predicted octanol–water partition coefficient (Wildman–Crippen LogP) is 5.15. The van der Waals surface area contributed by atoms with Crippen molar-refractivity contribution >= 4 is 0 Å². The molecule has 1 nitrogen and oxygen atoms in total. The molecule has 1 N–H and O–H groups in total. The van der Waals surface area contributed by atoms with Gasteiger partial charge in [0.25, 0.3) is 0 Å². The number of nitrogens with one attached hydrogen (secondary N) is 1. The van der Waals surface area contributed by atoms with Gasteiger partial charge in [-0.15, -0.1) is 0 Å². The zero-order valence-corrected chi connectivity index (χ0v) is 12.7. The van der Waals surface area contributed by atoms with Crippen LogP contribution in [0, 0.1) is 5.92 Å². The maximum atomic E-state index is 3.60. The van der Waals surface area contributed by atoms with Crippen molar-refractivity contribution in [3.63, 3.8) is 0 Å². The summed E-state index contributed by atoms with van der Waals surface area (Å²) in [5.74, 6) is 0.843. The monoisotopic (exact) mass is 241 g/mol. The van der Waals surface area contributed by atoms with E-state index in [2.05, 4.69) is 33.0 Å². The Balaban J connectivity index is 3.39. The van der Waals surface area contributed by atoms with Crippen molar-refractivity contribution in [2.24, 2.45) is 5.92 Å². The van der Waals surface area contributed by atoms with E-state index in [-0.39, 0.29) is 0 Å². The van der Waals surface area contributed by atoms with Gasteiger partial charge in [0.2, 0.25) is 0 Å². The minimum Gasteiger partial charge on any atom is -0.314 e. The third kappa shape index (κ3) is 9.64. The lowest BCUT2D eigenvalue weighted by Gasteiger charge is -2.23. The molecule has 2 unspecified atom stereocenters.